The molecule has 0 saturated carbocycles. The predicted octanol–water partition coefficient (Wildman–Crippen LogP) is 2.05. The van der Waals surface area contributed by atoms with Gasteiger partial charge in [-0.3, -0.25) is 9.48 Å². The van der Waals surface area contributed by atoms with Crippen molar-refractivity contribution in [1.82, 2.24) is 14.7 Å². The molecular formula is C16H28N4O. The average Bonchev–Trinajstić information content (AvgIpc) is 2.81. The molecule has 2 heterocycles. The van der Waals surface area contributed by atoms with Crippen LogP contribution >= 0.6 is 0 Å². The highest BCUT2D eigenvalue weighted by molar-refractivity contribution is 5.95. The Bertz CT molecular complexity index is 496. The van der Waals surface area contributed by atoms with Gasteiger partial charge in [-0.15, -0.1) is 0 Å². The number of nitrogens with two attached hydrogens (primary N) is 1. The van der Waals surface area contributed by atoms with Gasteiger partial charge in [0, 0.05) is 24.8 Å². The Labute approximate surface area is 127 Å². The largest absolute Gasteiger partial charge is 0.335 e. The standard InChI is InChI=1S/C16H28N4O/c1-11-8-12(2)13(3)19(10-11)16(21)15-9-18-20(14(15)4)7-5-6-17/h9,11-13H,5-8,10,17H2,1-4H3. The molecule has 1 aromatic heterocycles. The summed E-state index contributed by atoms with van der Waals surface area (Å²) in [6.07, 6.45) is 3.79. The molecular weight excluding hydrogens is 264 g/mol. The van der Waals surface area contributed by atoms with Crippen LogP contribution in [0.2, 0.25) is 0 Å². The maximum Gasteiger partial charge on any atom is 0.257 e. The van der Waals surface area contributed by atoms with E-state index in [2.05, 4.69) is 25.9 Å². The zero-order valence-electron chi connectivity index (χ0n) is 13.7. The van der Waals surface area contributed by atoms with Gasteiger partial charge in [-0.1, -0.05) is 13.8 Å². The lowest BCUT2D eigenvalue weighted by molar-refractivity contribution is 0.0455. The van der Waals surface area contributed by atoms with Gasteiger partial charge in [-0.05, 0) is 45.1 Å². The van der Waals surface area contributed by atoms with Crippen molar-refractivity contribution in [2.75, 3.05) is 13.1 Å². The van der Waals surface area contributed by atoms with Gasteiger partial charge in [-0.2, -0.15) is 5.10 Å². The number of hydrogen-bond donors (Lipinski definition) is 1. The lowest BCUT2D eigenvalue weighted by Crippen LogP contribution is -2.48. The molecule has 3 atom stereocenters. The third-order valence-electron chi connectivity index (χ3n) is 4.77. The second-order valence-electron chi connectivity index (χ2n) is 6.53. The first-order chi connectivity index (χ1) is 9.95. The molecule has 0 radical (unpaired) electrons. The van der Waals surface area contributed by atoms with E-state index in [1.165, 1.54) is 6.42 Å². The smallest absolute Gasteiger partial charge is 0.257 e. The Balaban J connectivity index is 2.17. The van der Waals surface area contributed by atoms with Crippen molar-refractivity contribution in [3.63, 3.8) is 0 Å². The van der Waals surface area contributed by atoms with Gasteiger partial charge in [0.2, 0.25) is 0 Å². The van der Waals surface area contributed by atoms with E-state index in [1.807, 2.05) is 16.5 Å². The molecule has 0 aliphatic carbocycles. The minimum atomic E-state index is 0.123. The topological polar surface area (TPSA) is 64.2 Å². The molecule has 1 aromatic rings. The number of aromatic nitrogens is 2. The summed E-state index contributed by atoms with van der Waals surface area (Å²) in [6.45, 7) is 10.8. The first kappa shape index (κ1) is 16.0. The van der Waals surface area contributed by atoms with Crippen molar-refractivity contribution < 1.29 is 4.79 Å². The molecule has 1 fully saturated rings. The third kappa shape index (κ3) is 3.28. The fourth-order valence-corrected chi connectivity index (χ4v) is 3.26. The van der Waals surface area contributed by atoms with Crippen LogP contribution in [0.4, 0.5) is 0 Å². The third-order valence-corrected chi connectivity index (χ3v) is 4.77. The van der Waals surface area contributed by atoms with E-state index in [0.29, 0.717) is 24.4 Å². The second-order valence-corrected chi connectivity index (χ2v) is 6.53. The van der Waals surface area contributed by atoms with E-state index < -0.39 is 0 Å². The van der Waals surface area contributed by atoms with E-state index in [0.717, 1.165) is 30.8 Å². The average molecular weight is 292 g/mol. The van der Waals surface area contributed by atoms with E-state index in [1.54, 1.807) is 6.20 Å². The van der Waals surface area contributed by atoms with Gasteiger partial charge in [0.1, 0.15) is 0 Å². The molecule has 5 nitrogen and oxygen atoms in total. The predicted molar refractivity (Wildman–Crippen MR) is 84.1 cm³/mol. The number of carbonyl (C=O) groups excluding carboxylic acids is 1. The first-order valence-corrected chi connectivity index (χ1v) is 7.99. The summed E-state index contributed by atoms with van der Waals surface area (Å²) >= 11 is 0. The number of rotatable bonds is 4. The maximum atomic E-state index is 12.9. The molecule has 3 unspecified atom stereocenters. The van der Waals surface area contributed by atoms with Gasteiger partial charge in [0.05, 0.1) is 11.8 Å². The van der Waals surface area contributed by atoms with Crippen LogP contribution in [0.5, 0.6) is 0 Å². The summed E-state index contributed by atoms with van der Waals surface area (Å²) in [5.41, 5.74) is 7.23. The number of aryl methyl sites for hydroxylation is 1. The molecule has 21 heavy (non-hydrogen) atoms. The molecule has 1 aliphatic rings. The van der Waals surface area contributed by atoms with Crippen LogP contribution in [0.3, 0.4) is 0 Å². The van der Waals surface area contributed by atoms with E-state index in [9.17, 15) is 4.79 Å². The van der Waals surface area contributed by atoms with Crippen molar-refractivity contribution in [3.8, 4) is 0 Å². The lowest BCUT2D eigenvalue weighted by Gasteiger charge is -2.41. The molecule has 0 aromatic carbocycles. The van der Waals surface area contributed by atoms with Crippen molar-refractivity contribution >= 4 is 5.91 Å². The maximum absolute atomic E-state index is 12.9. The summed E-state index contributed by atoms with van der Waals surface area (Å²) in [7, 11) is 0. The van der Waals surface area contributed by atoms with Crippen molar-refractivity contribution in [1.29, 1.82) is 0 Å². The number of hydrogen-bond acceptors (Lipinski definition) is 3. The highest BCUT2D eigenvalue weighted by atomic mass is 16.2. The Morgan fingerprint density at radius 2 is 2.14 bits per heavy atom. The normalized spacial score (nSPS) is 26.1. The lowest BCUT2D eigenvalue weighted by atomic mass is 9.85. The van der Waals surface area contributed by atoms with Crippen LogP contribution in [-0.2, 0) is 6.54 Å². The summed E-state index contributed by atoms with van der Waals surface area (Å²) in [6, 6.07) is 0.292. The van der Waals surface area contributed by atoms with Gasteiger partial charge in [0.15, 0.2) is 0 Å². The van der Waals surface area contributed by atoms with Crippen LogP contribution in [0, 0.1) is 18.8 Å². The molecule has 1 saturated heterocycles. The van der Waals surface area contributed by atoms with Crippen LogP contribution in [0.25, 0.3) is 0 Å². The van der Waals surface area contributed by atoms with Crippen molar-refractivity contribution in [3.05, 3.63) is 17.5 Å². The zero-order valence-corrected chi connectivity index (χ0v) is 13.7. The Morgan fingerprint density at radius 1 is 1.43 bits per heavy atom. The Kier molecular flexibility index (Phi) is 5.04. The Hall–Kier alpha value is -1.36. The van der Waals surface area contributed by atoms with E-state index >= 15 is 0 Å². The number of amides is 1. The van der Waals surface area contributed by atoms with Crippen molar-refractivity contribution in [2.24, 2.45) is 17.6 Å². The highest BCUT2D eigenvalue weighted by Gasteiger charge is 2.33. The van der Waals surface area contributed by atoms with Crippen molar-refractivity contribution in [2.45, 2.75) is 53.1 Å². The molecule has 0 bridgehead atoms. The molecule has 2 N–H and O–H groups in total. The Morgan fingerprint density at radius 3 is 2.81 bits per heavy atom. The zero-order chi connectivity index (χ0) is 15.6. The number of piperidine rings is 1. The van der Waals surface area contributed by atoms with Gasteiger partial charge < -0.3 is 10.6 Å². The molecule has 5 heteroatoms. The van der Waals surface area contributed by atoms with Gasteiger partial charge in [0.25, 0.3) is 5.91 Å². The molecule has 1 aliphatic heterocycles. The first-order valence-electron chi connectivity index (χ1n) is 7.99. The molecule has 0 spiro atoms. The monoisotopic (exact) mass is 292 g/mol. The SMILES string of the molecule is Cc1c(C(=O)N2CC(C)CC(C)C2C)cnn1CCCN. The van der Waals surface area contributed by atoms with Gasteiger partial charge in [-0.25, -0.2) is 0 Å². The molecule has 2 rings (SSSR count). The molecule has 1 amide bonds. The summed E-state index contributed by atoms with van der Waals surface area (Å²) in [5.74, 6) is 1.23. The molecule has 118 valence electrons. The second kappa shape index (κ2) is 6.60. The number of nitrogens with zero attached hydrogens (tertiary/aromatic N) is 3. The minimum absolute atomic E-state index is 0.123. The highest BCUT2D eigenvalue weighted by Crippen LogP contribution is 2.28. The number of carbonyl (C=O) groups is 1. The minimum Gasteiger partial charge on any atom is -0.335 e. The van der Waals surface area contributed by atoms with E-state index in [4.69, 9.17) is 5.73 Å². The number of likely N-dealkylation sites (tertiary alicyclic amines) is 1. The quantitative estimate of drug-likeness (QED) is 0.923. The van der Waals surface area contributed by atoms with E-state index in [-0.39, 0.29) is 5.91 Å². The fourth-order valence-electron chi connectivity index (χ4n) is 3.26. The summed E-state index contributed by atoms with van der Waals surface area (Å²) in [5, 5.41) is 4.35. The fraction of sp³-hybridized carbons (Fsp3) is 0.750. The summed E-state index contributed by atoms with van der Waals surface area (Å²) in [4.78, 5) is 14.9. The van der Waals surface area contributed by atoms with Gasteiger partial charge >= 0.3 is 0 Å². The van der Waals surface area contributed by atoms with Crippen LogP contribution in [0.15, 0.2) is 6.20 Å². The van der Waals surface area contributed by atoms with Crippen LogP contribution in [0.1, 0.15) is 49.7 Å². The van der Waals surface area contributed by atoms with Crippen LogP contribution < -0.4 is 5.73 Å². The summed E-state index contributed by atoms with van der Waals surface area (Å²) < 4.78 is 1.89. The van der Waals surface area contributed by atoms with Crippen LogP contribution in [-0.4, -0.2) is 39.7 Å².